The predicted octanol–water partition coefficient (Wildman–Crippen LogP) is 0.762. The Kier molecular flexibility index (Phi) is 2.90. The first-order valence-electron chi connectivity index (χ1n) is 1.52. The molecule has 1 N–H and O–H groups in total. The van der Waals surface area contributed by atoms with Crippen LogP contribution in [0.25, 0.3) is 0 Å². The third kappa shape index (κ3) is 4.44. The molecular weight excluding hydrogens is 132 g/mol. The Hall–Kier alpha value is 0.440. The minimum atomic E-state index is 0.222. The van der Waals surface area contributed by atoms with Crippen molar-refractivity contribution in [3.05, 3.63) is 0 Å². The predicted molar refractivity (Wildman–Crippen MR) is 25.5 cm³/mol. The molecule has 0 fully saturated rings. The van der Waals surface area contributed by atoms with Crippen molar-refractivity contribution in [3.8, 4) is 0 Å². The van der Waals surface area contributed by atoms with Gasteiger partial charge in [-0.3, -0.25) is 0 Å². The number of alkyl halides is 1. The summed E-state index contributed by atoms with van der Waals surface area (Å²) in [6, 6.07) is 0. The highest BCUT2D eigenvalue weighted by molar-refractivity contribution is 9.09. The molecule has 0 amide bonds. The number of aliphatic hydroxyl groups excluding tert-OH is 1. The third-order valence-electron chi connectivity index (χ3n) is 0.252. The standard InChI is InChI=1S/C3H7BrO/c1-3(4)2-5/h3,5H,2H2,1H3/t3-/m0/s1. The highest BCUT2D eigenvalue weighted by Gasteiger charge is 1.84. The van der Waals surface area contributed by atoms with Gasteiger partial charge >= 0.3 is 0 Å². The number of aliphatic hydroxyl groups is 1. The van der Waals surface area contributed by atoms with Crippen molar-refractivity contribution in [2.75, 3.05) is 6.61 Å². The van der Waals surface area contributed by atoms with E-state index in [1.807, 2.05) is 6.92 Å². The van der Waals surface area contributed by atoms with Crippen LogP contribution in [0.2, 0.25) is 0 Å². The summed E-state index contributed by atoms with van der Waals surface area (Å²) in [5.41, 5.74) is 0. The van der Waals surface area contributed by atoms with Crippen molar-refractivity contribution in [3.63, 3.8) is 0 Å². The number of halogens is 1. The largest absolute Gasteiger partial charge is 0.395 e. The molecule has 0 saturated carbocycles. The van der Waals surface area contributed by atoms with E-state index in [-0.39, 0.29) is 11.4 Å². The molecule has 0 aromatic carbocycles. The van der Waals surface area contributed by atoms with E-state index in [1.165, 1.54) is 0 Å². The minimum absolute atomic E-state index is 0.222. The molecule has 1 nitrogen and oxygen atoms in total. The lowest BCUT2D eigenvalue weighted by Gasteiger charge is -1.87. The van der Waals surface area contributed by atoms with Gasteiger partial charge in [0.05, 0.1) is 6.61 Å². The molecule has 2 heteroatoms. The van der Waals surface area contributed by atoms with Gasteiger partial charge in [-0.05, 0) is 0 Å². The molecule has 0 bridgehead atoms. The van der Waals surface area contributed by atoms with E-state index in [0.717, 1.165) is 0 Å². The van der Waals surface area contributed by atoms with Gasteiger partial charge in [0.25, 0.3) is 0 Å². The first-order valence-corrected chi connectivity index (χ1v) is 2.44. The molecule has 0 radical (unpaired) electrons. The van der Waals surface area contributed by atoms with Gasteiger partial charge in [-0.1, -0.05) is 22.9 Å². The first-order chi connectivity index (χ1) is 2.27. The smallest absolute Gasteiger partial charge is 0.0553 e. The van der Waals surface area contributed by atoms with Gasteiger partial charge in [0, 0.05) is 4.83 Å². The van der Waals surface area contributed by atoms with Crippen molar-refractivity contribution in [1.29, 1.82) is 0 Å². The summed E-state index contributed by atoms with van der Waals surface area (Å²) in [5.74, 6) is 0. The van der Waals surface area contributed by atoms with Crippen LogP contribution in [0.15, 0.2) is 0 Å². The Labute approximate surface area is 40.1 Å². The van der Waals surface area contributed by atoms with Gasteiger partial charge in [0.1, 0.15) is 0 Å². The topological polar surface area (TPSA) is 20.2 Å². The van der Waals surface area contributed by atoms with Gasteiger partial charge in [-0.25, -0.2) is 0 Å². The van der Waals surface area contributed by atoms with Crippen molar-refractivity contribution in [2.45, 2.75) is 11.8 Å². The molecule has 0 aliphatic heterocycles. The average Bonchev–Trinajstić information content (AvgIpc) is 1.38. The fourth-order valence-corrected chi connectivity index (χ4v) is 0. The summed E-state index contributed by atoms with van der Waals surface area (Å²) in [4.78, 5) is 0.252. The summed E-state index contributed by atoms with van der Waals surface area (Å²) < 4.78 is 0. The molecule has 0 unspecified atom stereocenters. The molecule has 0 heterocycles. The van der Waals surface area contributed by atoms with E-state index in [4.69, 9.17) is 5.11 Å². The molecule has 0 saturated heterocycles. The third-order valence-corrected chi connectivity index (χ3v) is 0.541. The van der Waals surface area contributed by atoms with Gasteiger partial charge in [0.2, 0.25) is 0 Å². The normalized spacial score (nSPS) is 15.0. The van der Waals surface area contributed by atoms with Crippen molar-refractivity contribution < 1.29 is 5.11 Å². The van der Waals surface area contributed by atoms with Crippen molar-refractivity contribution in [2.24, 2.45) is 0 Å². The summed E-state index contributed by atoms with van der Waals surface area (Å²) in [5, 5.41) is 8.10. The van der Waals surface area contributed by atoms with Crippen LogP contribution in [0.1, 0.15) is 6.92 Å². The average molecular weight is 139 g/mol. The molecule has 5 heavy (non-hydrogen) atoms. The molecule has 32 valence electrons. The lowest BCUT2D eigenvalue weighted by atomic mass is 10.5. The second-order valence-electron chi connectivity index (χ2n) is 0.963. The van der Waals surface area contributed by atoms with Crippen LogP contribution in [0.5, 0.6) is 0 Å². The van der Waals surface area contributed by atoms with Crippen LogP contribution in [0, 0.1) is 0 Å². The van der Waals surface area contributed by atoms with Crippen LogP contribution in [0.3, 0.4) is 0 Å². The maximum absolute atomic E-state index is 8.10. The highest BCUT2D eigenvalue weighted by atomic mass is 79.9. The van der Waals surface area contributed by atoms with E-state index in [1.54, 1.807) is 0 Å². The van der Waals surface area contributed by atoms with Crippen LogP contribution in [-0.2, 0) is 0 Å². The summed E-state index contributed by atoms with van der Waals surface area (Å²) in [7, 11) is 0. The summed E-state index contributed by atoms with van der Waals surface area (Å²) >= 11 is 3.12. The molecule has 0 aliphatic rings. The zero-order valence-electron chi connectivity index (χ0n) is 3.11. The zero-order chi connectivity index (χ0) is 4.28. The molecule has 1 atom stereocenters. The monoisotopic (exact) mass is 138 g/mol. The Morgan fingerprint density at radius 2 is 2.20 bits per heavy atom. The van der Waals surface area contributed by atoms with E-state index >= 15 is 0 Å². The van der Waals surface area contributed by atoms with Gasteiger partial charge in [0.15, 0.2) is 0 Å². The molecular formula is C3H7BrO. The minimum Gasteiger partial charge on any atom is -0.395 e. The van der Waals surface area contributed by atoms with Crippen LogP contribution in [0.4, 0.5) is 0 Å². The zero-order valence-corrected chi connectivity index (χ0v) is 4.70. The quantitative estimate of drug-likeness (QED) is 0.531. The lowest BCUT2D eigenvalue weighted by Crippen LogP contribution is -1.93. The Morgan fingerprint density at radius 1 is 2.00 bits per heavy atom. The maximum Gasteiger partial charge on any atom is 0.0553 e. The fourth-order valence-electron chi connectivity index (χ4n) is 0. The highest BCUT2D eigenvalue weighted by Crippen LogP contribution is 1.91. The van der Waals surface area contributed by atoms with Crippen LogP contribution in [-0.4, -0.2) is 16.5 Å². The van der Waals surface area contributed by atoms with Crippen molar-refractivity contribution >= 4 is 15.9 Å². The van der Waals surface area contributed by atoms with Crippen LogP contribution >= 0.6 is 15.9 Å². The van der Waals surface area contributed by atoms with E-state index in [0.29, 0.717) is 0 Å². The molecule has 0 aromatic heterocycles. The van der Waals surface area contributed by atoms with E-state index in [2.05, 4.69) is 15.9 Å². The van der Waals surface area contributed by atoms with Crippen molar-refractivity contribution in [1.82, 2.24) is 0 Å². The second kappa shape index (κ2) is 2.67. The van der Waals surface area contributed by atoms with Gasteiger partial charge in [-0.2, -0.15) is 0 Å². The van der Waals surface area contributed by atoms with Gasteiger partial charge in [-0.15, -0.1) is 0 Å². The maximum atomic E-state index is 8.10. The molecule has 0 aromatic rings. The fraction of sp³-hybridized carbons (Fsp3) is 1.00. The summed E-state index contributed by atoms with van der Waals surface area (Å²) in [6.45, 7) is 2.11. The lowest BCUT2D eigenvalue weighted by molar-refractivity contribution is 0.302. The first kappa shape index (κ1) is 5.44. The molecule has 0 spiro atoms. The summed E-state index contributed by atoms with van der Waals surface area (Å²) in [6.07, 6.45) is 0. The molecule has 0 rings (SSSR count). The van der Waals surface area contributed by atoms with E-state index < -0.39 is 0 Å². The van der Waals surface area contributed by atoms with Gasteiger partial charge < -0.3 is 5.11 Å². The number of rotatable bonds is 1. The Balaban J connectivity index is 2.54. The Bertz CT molecular complexity index is 20.9. The SMILES string of the molecule is C[C@H](Br)CO. The van der Waals surface area contributed by atoms with Crippen LogP contribution < -0.4 is 0 Å². The second-order valence-corrected chi connectivity index (χ2v) is 2.53. The number of hydrogen-bond donors (Lipinski definition) is 1. The van der Waals surface area contributed by atoms with E-state index in [9.17, 15) is 0 Å². The number of hydrogen-bond acceptors (Lipinski definition) is 1. The molecule has 0 aliphatic carbocycles. The Morgan fingerprint density at radius 3 is 2.20 bits per heavy atom.